The van der Waals surface area contributed by atoms with Crippen LogP contribution >= 0.6 is 0 Å². The largest absolute Gasteiger partial charge is 0.455 e. The molecule has 0 unspecified atom stereocenters. The highest BCUT2D eigenvalue weighted by Gasteiger charge is 2.25. The first-order valence-electron chi connectivity index (χ1n) is 18.4. The highest BCUT2D eigenvalue weighted by molar-refractivity contribution is 6.19. The highest BCUT2D eigenvalue weighted by Crippen LogP contribution is 2.49. The molecule has 0 N–H and O–H groups in total. The van der Waals surface area contributed by atoms with Crippen LogP contribution in [-0.2, 0) is 0 Å². The summed E-state index contributed by atoms with van der Waals surface area (Å²) in [5.41, 5.74) is 14.2. The molecule has 0 fully saturated rings. The minimum absolute atomic E-state index is 0.864. The number of anilines is 3. The van der Waals surface area contributed by atoms with Gasteiger partial charge in [-0.25, -0.2) is 0 Å². The van der Waals surface area contributed by atoms with Crippen LogP contribution in [0.3, 0.4) is 0 Å². The number of benzene rings is 9. The van der Waals surface area contributed by atoms with E-state index in [2.05, 4.69) is 217 Å². The van der Waals surface area contributed by atoms with Crippen molar-refractivity contribution in [2.75, 3.05) is 4.90 Å². The summed E-state index contributed by atoms with van der Waals surface area (Å²) in [7, 11) is 0. The molecule has 0 bridgehead atoms. The second-order valence-corrected chi connectivity index (χ2v) is 13.6. The molecule has 0 saturated heterocycles. The Hall–Kier alpha value is -7.16. The minimum Gasteiger partial charge on any atom is -0.455 e. The molecule has 0 radical (unpaired) electrons. The first-order chi connectivity index (χ1) is 26.8. The zero-order valence-electron chi connectivity index (χ0n) is 29.6. The molecule has 0 spiro atoms. The number of fused-ring (bicyclic) bond motifs is 4. The van der Waals surface area contributed by atoms with Crippen LogP contribution in [0.25, 0.3) is 77.2 Å². The molecule has 0 aliphatic rings. The van der Waals surface area contributed by atoms with Crippen LogP contribution in [0.15, 0.2) is 217 Å². The van der Waals surface area contributed by atoms with E-state index in [-0.39, 0.29) is 0 Å². The van der Waals surface area contributed by atoms with Crippen LogP contribution in [0.2, 0.25) is 0 Å². The molecule has 1 aromatic heterocycles. The van der Waals surface area contributed by atoms with E-state index in [1.54, 1.807) is 0 Å². The van der Waals surface area contributed by atoms with Gasteiger partial charge in [-0.3, -0.25) is 0 Å². The molecule has 2 nitrogen and oxygen atoms in total. The smallest absolute Gasteiger partial charge is 0.145 e. The number of nitrogens with zero attached hydrogens (tertiary/aromatic N) is 1. The van der Waals surface area contributed by atoms with Crippen LogP contribution in [0.1, 0.15) is 0 Å². The Bertz CT molecular complexity index is 2940. The number of furan rings is 1. The van der Waals surface area contributed by atoms with Crippen molar-refractivity contribution >= 4 is 49.8 Å². The van der Waals surface area contributed by atoms with E-state index in [1.807, 2.05) is 0 Å². The summed E-state index contributed by atoms with van der Waals surface area (Å²) in [6, 6.07) is 75.8. The second-order valence-electron chi connectivity index (χ2n) is 13.6. The van der Waals surface area contributed by atoms with Crippen molar-refractivity contribution in [3.05, 3.63) is 212 Å². The molecule has 9 aromatic carbocycles. The Morgan fingerprint density at radius 2 is 0.889 bits per heavy atom. The van der Waals surface area contributed by atoms with E-state index in [0.717, 1.165) is 66.8 Å². The maximum absolute atomic E-state index is 6.90. The maximum atomic E-state index is 6.90. The number of hydrogen-bond donors (Lipinski definition) is 0. The van der Waals surface area contributed by atoms with Crippen LogP contribution in [0, 0.1) is 0 Å². The molecular weight excluding hydrogens is 655 g/mol. The van der Waals surface area contributed by atoms with E-state index in [9.17, 15) is 0 Å². The third-order valence-corrected chi connectivity index (χ3v) is 10.5. The molecule has 0 atom stereocenters. The van der Waals surface area contributed by atoms with Crippen LogP contribution in [0.4, 0.5) is 17.1 Å². The maximum Gasteiger partial charge on any atom is 0.145 e. The molecule has 10 aromatic rings. The first-order valence-corrected chi connectivity index (χ1v) is 18.4. The highest BCUT2D eigenvalue weighted by atomic mass is 16.3. The number of para-hydroxylation sites is 2. The summed E-state index contributed by atoms with van der Waals surface area (Å²) in [6.45, 7) is 0. The van der Waals surface area contributed by atoms with E-state index >= 15 is 0 Å². The van der Waals surface area contributed by atoms with Crippen molar-refractivity contribution in [3.8, 4) is 44.5 Å². The third kappa shape index (κ3) is 5.44. The Morgan fingerprint density at radius 3 is 1.69 bits per heavy atom. The van der Waals surface area contributed by atoms with Crippen molar-refractivity contribution < 1.29 is 4.42 Å². The fourth-order valence-corrected chi connectivity index (χ4v) is 8.02. The summed E-state index contributed by atoms with van der Waals surface area (Å²) in [4.78, 5) is 2.42. The summed E-state index contributed by atoms with van der Waals surface area (Å²) < 4.78 is 6.90. The lowest BCUT2D eigenvalue weighted by Crippen LogP contribution is -2.12. The van der Waals surface area contributed by atoms with Crippen molar-refractivity contribution in [2.45, 2.75) is 0 Å². The number of hydrogen-bond acceptors (Lipinski definition) is 2. The normalized spacial score (nSPS) is 11.3. The predicted octanol–water partition coefficient (Wildman–Crippen LogP) is 14.9. The predicted molar refractivity (Wildman–Crippen MR) is 228 cm³/mol. The Balaban J connectivity index is 1.26. The van der Waals surface area contributed by atoms with Crippen LogP contribution < -0.4 is 4.90 Å². The molecule has 0 amide bonds. The molecular formula is C52H35NO. The van der Waals surface area contributed by atoms with Gasteiger partial charge in [0, 0.05) is 22.2 Å². The van der Waals surface area contributed by atoms with Gasteiger partial charge in [-0.2, -0.15) is 0 Å². The van der Waals surface area contributed by atoms with Crippen molar-refractivity contribution in [3.63, 3.8) is 0 Å². The molecule has 254 valence electrons. The summed E-state index contributed by atoms with van der Waals surface area (Å²) in [5.74, 6) is 0. The van der Waals surface area contributed by atoms with Gasteiger partial charge in [0.2, 0.25) is 0 Å². The third-order valence-electron chi connectivity index (χ3n) is 10.5. The molecule has 2 heteroatoms. The van der Waals surface area contributed by atoms with E-state index in [0.29, 0.717) is 0 Å². The lowest BCUT2D eigenvalue weighted by Gasteiger charge is -2.29. The summed E-state index contributed by atoms with van der Waals surface area (Å²) in [5, 5.41) is 4.56. The standard InChI is InChI=1S/C52H35NO/c1-3-17-36(18-4-1)41-25-9-10-27-43(41)39-23-15-24-40(35-39)53(48-31-13-11-28-44(48)38-19-5-2-6-20-38)49-34-33-46(45-30-16-22-37-21-7-8-26-42(37)45)52-51(49)47-29-12-14-32-50(47)54-52/h1-35H. The van der Waals surface area contributed by atoms with Crippen LogP contribution in [0.5, 0.6) is 0 Å². The zero-order chi connectivity index (χ0) is 35.8. The van der Waals surface area contributed by atoms with Gasteiger partial charge < -0.3 is 9.32 Å². The molecule has 0 aliphatic carbocycles. The Morgan fingerprint density at radius 1 is 0.333 bits per heavy atom. The zero-order valence-corrected chi connectivity index (χ0v) is 29.6. The van der Waals surface area contributed by atoms with Crippen LogP contribution in [-0.4, -0.2) is 0 Å². The second kappa shape index (κ2) is 13.4. The first kappa shape index (κ1) is 31.6. The fourth-order valence-electron chi connectivity index (χ4n) is 8.02. The van der Waals surface area contributed by atoms with Gasteiger partial charge in [-0.05, 0) is 80.6 Å². The van der Waals surface area contributed by atoms with Gasteiger partial charge in [0.15, 0.2) is 0 Å². The van der Waals surface area contributed by atoms with E-state index < -0.39 is 0 Å². The van der Waals surface area contributed by atoms with Crippen molar-refractivity contribution in [2.24, 2.45) is 0 Å². The van der Waals surface area contributed by atoms with E-state index in [1.165, 1.54) is 27.5 Å². The molecule has 1 heterocycles. The monoisotopic (exact) mass is 689 g/mol. The average Bonchev–Trinajstić information content (AvgIpc) is 3.65. The summed E-state index contributed by atoms with van der Waals surface area (Å²) >= 11 is 0. The molecule has 0 saturated carbocycles. The van der Waals surface area contributed by atoms with Gasteiger partial charge in [0.25, 0.3) is 0 Å². The van der Waals surface area contributed by atoms with Gasteiger partial charge in [0.1, 0.15) is 11.2 Å². The summed E-state index contributed by atoms with van der Waals surface area (Å²) in [6.07, 6.45) is 0. The molecule has 10 rings (SSSR count). The van der Waals surface area contributed by atoms with Gasteiger partial charge in [-0.15, -0.1) is 0 Å². The molecule has 54 heavy (non-hydrogen) atoms. The van der Waals surface area contributed by atoms with Gasteiger partial charge in [0.05, 0.1) is 16.8 Å². The lowest BCUT2D eigenvalue weighted by molar-refractivity contribution is 0.670. The molecule has 0 aliphatic heterocycles. The topological polar surface area (TPSA) is 16.4 Å². The van der Waals surface area contributed by atoms with Gasteiger partial charge in [-0.1, -0.05) is 176 Å². The Kier molecular flexibility index (Phi) is 7.85. The average molecular weight is 690 g/mol. The number of rotatable bonds is 7. The Labute approximate surface area is 314 Å². The lowest BCUT2D eigenvalue weighted by atomic mass is 9.93. The quantitative estimate of drug-likeness (QED) is 0.166. The fraction of sp³-hybridized carbons (Fsp3) is 0. The SMILES string of the molecule is c1ccc(-c2ccccc2-c2cccc(N(c3ccccc3-c3ccccc3)c3ccc(-c4cccc5ccccc45)c4oc5ccccc5c34)c2)cc1. The van der Waals surface area contributed by atoms with Crippen molar-refractivity contribution in [1.29, 1.82) is 0 Å². The van der Waals surface area contributed by atoms with E-state index in [4.69, 9.17) is 4.42 Å². The van der Waals surface area contributed by atoms with Gasteiger partial charge >= 0.3 is 0 Å². The minimum atomic E-state index is 0.864. The van der Waals surface area contributed by atoms with Crippen molar-refractivity contribution in [1.82, 2.24) is 0 Å².